The minimum Gasteiger partial charge on any atom is -0.350 e. The summed E-state index contributed by atoms with van der Waals surface area (Å²) >= 11 is 11.9. The number of hydrogen-bond acceptors (Lipinski definition) is 3. The maximum Gasteiger partial charge on any atom is 0.253 e. The molecule has 156 valence electrons. The second-order valence-corrected chi connectivity index (χ2v) is 7.43. The molecule has 0 aliphatic heterocycles. The van der Waals surface area contributed by atoms with E-state index in [4.69, 9.17) is 23.2 Å². The van der Waals surface area contributed by atoms with Gasteiger partial charge < -0.3 is 15.2 Å². The summed E-state index contributed by atoms with van der Waals surface area (Å²) in [6.45, 7) is 3.42. The van der Waals surface area contributed by atoms with Crippen molar-refractivity contribution in [3.63, 3.8) is 0 Å². The molecule has 0 radical (unpaired) electrons. The largest absolute Gasteiger partial charge is 0.350 e. The Labute approximate surface area is 183 Å². The van der Waals surface area contributed by atoms with Crippen LogP contribution in [0.3, 0.4) is 0 Å². The highest BCUT2D eigenvalue weighted by molar-refractivity contribution is 6.43. The summed E-state index contributed by atoms with van der Waals surface area (Å²) in [5, 5.41) is 5.61. The maximum absolute atomic E-state index is 14.5. The summed E-state index contributed by atoms with van der Waals surface area (Å²) in [6.07, 6.45) is 3.26. The first-order valence-corrected chi connectivity index (χ1v) is 9.85. The smallest absolute Gasteiger partial charge is 0.253 e. The third-order valence-electron chi connectivity index (χ3n) is 4.50. The lowest BCUT2D eigenvalue weighted by Gasteiger charge is -2.15. The van der Waals surface area contributed by atoms with Gasteiger partial charge >= 0.3 is 0 Å². The quantitative estimate of drug-likeness (QED) is 0.596. The summed E-state index contributed by atoms with van der Waals surface area (Å²) in [5.74, 6) is -0.702. The van der Waals surface area contributed by atoms with E-state index in [-0.39, 0.29) is 22.2 Å². The van der Waals surface area contributed by atoms with Gasteiger partial charge in [-0.2, -0.15) is 0 Å². The SMILES string of the molecule is Cc1nccn1-c1ccc(CNC(=O)C(C)NC(=O)c2cccc(Cl)c2Cl)cc1F. The molecular weight excluding hydrogens is 430 g/mol. The fraction of sp³-hybridized carbons (Fsp3) is 0.190. The van der Waals surface area contributed by atoms with Gasteiger partial charge in [0.15, 0.2) is 0 Å². The van der Waals surface area contributed by atoms with Crippen molar-refractivity contribution < 1.29 is 14.0 Å². The van der Waals surface area contributed by atoms with Gasteiger partial charge in [0.1, 0.15) is 17.7 Å². The molecule has 2 N–H and O–H groups in total. The third-order valence-corrected chi connectivity index (χ3v) is 5.32. The first kappa shape index (κ1) is 21.8. The van der Waals surface area contributed by atoms with Crippen LogP contribution in [-0.2, 0) is 11.3 Å². The molecule has 2 amide bonds. The van der Waals surface area contributed by atoms with Crippen LogP contribution < -0.4 is 10.6 Å². The fourth-order valence-electron chi connectivity index (χ4n) is 2.85. The number of nitrogens with one attached hydrogen (secondary N) is 2. The molecule has 9 heteroatoms. The van der Waals surface area contributed by atoms with Gasteiger partial charge in [-0.1, -0.05) is 35.3 Å². The standard InChI is InChI=1S/C21H19Cl2FN4O2/c1-12(27-21(30)15-4-3-5-16(22)19(15)23)20(29)26-11-14-6-7-18(17(24)10-14)28-9-8-25-13(28)2/h3-10,12H,11H2,1-2H3,(H,26,29)(H,27,30). The highest BCUT2D eigenvalue weighted by atomic mass is 35.5. The van der Waals surface area contributed by atoms with Gasteiger partial charge in [-0.3, -0.25) is 9.59 Å². The Morgan fingerprint density at radius 3 is 2.67 bits per heavy atom. The lowest BCUT2D eigenvalue weighted by Crippen LogP contribution is -2.44. The lowest BCUT2D eigenvalue weighted by molar-refractivity contribution is -0.122. The minimum absolute atomic E-state index is 0.108. The van der Waals surface area contributed by atoms with E-state index in [0.29, 0.717) is 17.1 Å². The van der Waals surface area contributed by atoms with E-state index in [1.165, 1.54) is 19.1 Å². The maximum atomic E-state index is 14.5. The van der Waals surface area contributed by atoms with Crippen LogP contribution in [-0.4, -0.2) is 27.4 Å². The lowest BCUT2D eigenvalue weighted by atomic mass is 10.1. The first-order valence-electron chi connectivity index (χ1n) is 9.09. The number of nitrogens with zero attached hydrogens (tertiary/aromatic N) is 2. The number of aromatic nitrogens is 2. The molecule has 0 aliphatic carbocycles. The highest BCUT2D eigenvalue weighted by Crippen LogP contribution is 2.25. The van der Waals surface area contributed by atoms with Crippen LogP contribution in [0, 0.1) is 12.7 Å². The van der Waals surface area contributed by atoms with Gasteiger partial charge in [0.05, 0.1) is 21.3 Å². The molecule has 1 aromatic heterocycles. The molecule has 0 saturated carbocycles. The van der Waals surface area contributed by atoms with E-state index in [0.717, 1.165) is 0 Å². The molecule has 3 aromatic rings. The predicted octanol–water partition coefficient (Wildman–Crippen LogP) is 4.06. The van der Waals surface area contributed by atoms with E-state index >= 15 is 0 Å². The third kappa shape index (κ3) is 4.80. The number of imidazole rings is 1. The Morgan fingerprint density at radius 1 is 1.23 bits per heavy atom. The van der Waals surface area contributed by atoms with Crippen LogP contribution in [0.1, 0.15) is 28.7 Å². The molecule has 3 rings (SSSR count). The molecule has 0 saturated heterocycles. The molecule has 0 fully saturated rings. The Hall–Kier alpha value is -2.90. The molecular formula is C21H19Cl2FN4O2. The van der Waals surface area contributed by atoms with Gasteiger partial charge in [-0.05, 0) is 43.7 Å². The van der Waals surface area contributed by atoms with Crippen molar-refractivity contribution in [2.24, 2.45) is 0 Å². The number of aryl methyl sites for hydroxylation is 1. The van der Waals surface area contributed by atoms with Gasteiger partial charge in [0, 0.05) is 18.9 Å². The Bertz CT molecular complexity index is 1100. The summed E-state index contributed by atoms with van der Waals surface area (Å²) in [7, 11) is 0. The zero-order valence-electron chi connectivity index (χ0n) is 16.2. The van der Waals surface area contributed by atoms with Crippen LogP contribution in [0.5, 0.6) is 0 Å². The van der Waals surface area contributed by atoms with Crippen molar-refractivity contribution in [2.75, 3.05) is 0 Å². The zero-order chi connectivity index (χ0) is 21.8. The van der Waals surface area contributed by atoms with Gasteiger partial charge in [0.2, 0.25) is 5.91 Å². The second-order valence-electron chi connectivity index (χ2n) is 6.64. The van der Waals surface area contributed by atoms with Crippen molar-refractivity contribution in [1.82, 2.24) is 20.2 Å². The van der Waals surface area contributed by atoms with E-state index < -0.39 is 23.7 Å². The van der Waals surface area contributed by atoms with Crippen molar-refractivity contribution in [3.8, 4) is 5.69 Å². The number of rotatable bonds is 6. The molecule has 30 heavy (non-hydrogen) atoms. The number of benzene rings is 2. The van der Waals surface area contributed by atoms with Crippen LogP contribution >= 0.6 is 23.2 Å². The van der Waals surface area contributed by atoms with E-state index in [2.05, 4.69) is 15.6 Å². The number of hydrogen-bond donors (Lipinski definition) is 2. The number of carbonyl (C=O) groups is 2. The molecule has 2 aromatic carbocycles. The van der Waals surface area contributed by atoms with Crippen LogP contribution in [0.2, 0.25) is 10.0 Å². The summed E-state index contributed by atoms with van der Waals surface area (Å²) < 4.78 is 16.1. The van der Waals surface area contributed by atoms with E-state index in [9.17, 15) is 14.0 Å². The summed E-state index contributed by atoms with van der Waals surface area (Å²) in [4.78, 5) is 28.7. The number of amides is 2. The average molecular weight is 449 g/mol. The van der Waals surface area contributed by atoms with E-state index in [1.54, 1.807) is 48.1 Å². The zero-order valence-corrected chi connectivity index (χ0v) is 17.8. The number of halogens is 3. The van der Waals surface area contributed by atoms with Crippen molar-refractivity contribution in [2.45, 2.75) is 26.4 Å². The average Bonchev–Trinajstić information content (AvgIpc) is 3.13. The normalized spacial score (nSPS) is 11.8. The molecule has 0 spiro atoms. The van der Waals surface area contributed by atoms with Crippen molar-refractivity contribution >= 4 is 35.0 Å². The molecule has 1 heterocycles. The molecule has 0 aliphatic rings. The van der Waals surface area contributed by atoms with Crippen molar-refractivity contribution in [3.05, 3.63) is 81.6 Å². The van der Waals surface area contributed by atoms with E-state index in [1.807, 2.05) is 0 Å². The van der Waals surface area contributed by atoms with Gasteiger partial charge in [-0.25, -0.2) is 9.37 Å². The van der Waals surface area contributed by atoms with Crippen LogP contribution in [0.15, 0.2) is 48.8 Å². The van der Waals surface area contributed by atoms with Crippen LogP contribution in [0.4, 0.5) is 4.39 Å². The highest BCUT2D eigenvalue weighted by Gasteiger charge is 2.19. The molecule has 0 bridgehead atoms. The monoisotopic (exact) mass is 448 g/mol. The molecule has 1 unspecified atom stereocenters. The number of carbonyl (C=O) groups excluding carboxylic acids is 2. The second kappa shape index (κ2) is 9.28. The van der Waals surface area contributed by atoms with Crippen LogP contribution in [0.25, 0.3) is 5.69 Å². The Morgan fingerprint density at radius 2 is 2.00 bits per heavy atom. The molecule has 1 atom stereocenters. The van der Waals surface area contributed by atoms with Gasteiger partial charge in [0.25, 0.3) is 5.91 Å². The van der Waals surface area contributed by atoms with Gasteiger partial charge in [-0.15, -0.1) is 0 Å². The Balaban J connectivity index is 1.60. The van der Waals surface area contributed by atoms with Crippen molar-refractivity contribution in [1.29, 1.82) is 0 Å². The minimum atomic E-state index is -0.828. The summed E-state index contributed by atoms with van der Waals surface area (Å²) in [6, 6.07) is 8.53. The fourth-order valence-corrected chi connectivity index (χ4v) is 3.24. The Kier molecular flexibility index (Phi) is 6.74. The first-order chi connectivity index (χ1) is 14.3. The summed E-state index contributed by atoms with van der Waals surface area (Å²) in [5.41, 5.74) is 1.13. The molecule has 6 nitrogen and oxygen atoms in total. The topological polar surface area (TPSA) is 76.0 Å². The predicted molar refractivity (Wildman–Crippen MR) is 113 cm³/mol.